The molecule has 0 radical (unpaired) electrons. The number of ether oxygens (including phenoxy) is 1. The lowest BCUT2D eigenvalue weighted by atomic mass is 10.0. The van der Waals surface area contributed by atoms with Crippen molar-refractivity contribution in [2.75, 3.05) is 11.8 Å². The zero-order chi connectivity index (χ0) is 20.1. The molecule has 3 aromatic rings. The van der Waals surface area contributed by atoms with Crippen LogP contribution in [0.3, 0.4) is 0 Å². The number of hydrogen-bond acceptors (Lipinski definition) is 4. The van der Waals surface area contributed by atoms with Gasteiger partial charge in [-0.05, 0) is 60.2 Å². The molecule has 0 aliphatic rings. The van der Waals surface area contributed by atoms with Gasteiger partial charge in [-0.25, -0.2) is 8.42 Å². The van der Waals surface area contributed by atoms with E-state index in [1.807, 2.05) is 0 Å². The van der Waals surface area contributed by atoms with E-state index in [0.717, 1.165) is 4.47 Å². The molecule has 0 aromatic heterocycles. The summed E-state index contributed by atoms with van der Waals surface area (Å²) >= 11 is 3.32. The topological polar surface area (TPSA) is 72.5 Å². The average molecular weight is 460 g/mol. The molecule has 0 bridgehead atoms. The maximum atomic E-state index is 12.9. The van der Waals surface area contributed by atoms with Gasteiger partial charge in [0.25, 0.3) is 10.0 Å². The third kappa shape index (κ3) is 4.79. The van der Waals surface area contributed by atoms with Crippen LogP contribution in [0.5, 0.6) is 5.75 Å². The zero-order valence-electron chi connectivity index (χ0n) is 15.1. The standard InChI is InChI=1S/C21H18BrNO4S/c1-27-19-12-6-15(7-13-19)20(24)14-16-4-2-3-5-21(16)28(25,26)23-18-10-8-17(22)9-11-18/h2-13,23H,14H2,1H3. The Hall–Kier alpha value is -2.64. The Balaban J connectivity index is 1.85. The van der Waals surface area contributed by atoms with Crippen molar-refractivity contribution in [2.45, 2.75) is 11.3 Å². The smallest absolute Gasteiger partial charge is 0.262 e. The Bertz CT molecular complexity index is 1080. The van der Waals surface area contributed by atoms with Gasteiger partial charge in [-0.1, -0.05) is 34.1 Å². The lowest BCUT2D eigenvalue weighted by Crippen LogP contribution is -2.16. The second-order valence-corrected chi connectivity index (χ2v) is 8.62. The third-order valence-corrected chi connectivity index (χ3v) is 6.13. The Morgan fingerprint density at radius 1 is 0.964 bits per heavy atom. The van der Waals surface area contributed by atoms with E-state index in [0.29, 0.717) is 22.6 Å². The van der Waals surface area contributed by atoms with Crippen LogP contribution >= 0.6 is 15.9 Å². The lowest BCUT2D eigenvalue weighted by molar-refractivity contribution is 0.0992. The first-order valence-electron chi connectivity index (χ1n) is 8.42. The SMILES string of the molecule is COc1ccc(C(=O)Cc2ccccc2S(=O)(=O)Nc2ccc(Br)cc2)cc1. The summed E-state index contributed by atoms with van der Waals surface area (Å²) in [5.74, 6) is 0.479. The van der Waals surface area contributed by atoms with Crippen molar-refractivity contribution in [2.24, 2.45) is 0 Å². The number of anilines is 1. The van der Waals surface area contributed by atoms with Crippen molar-refractivity contribution in [3.8, 4) is 5.75 Å². The summed E-state index contributed by atoms with van der Waals surface area (Å²) in [7, 11) is -2.28. The maximum Gasteiger partial charge on any atom is 0.262 e. The third-order valence-electron chi connectivity index (χ3n) is 4.12. The van der Waals surface area contributed by atoms with Crippen LogP contribution in [0.25, 0.3) is 0 Å². The fourth-order valence-corrected chi connectivity index (χ4v) is 4.26. The molecule has 7 heteroatoms. The van der Waals surface area contributed by atoms with Crippen LogP contribution in [-0.2, 0) is 16.4 Å². The van der Waals surface area contributed by atoms with E-state index >= 15 is 0 Å². The van der Waals surface area contributed by atoms with Crippen LogP contribution in [0.4, 0.5) is 5.69 Å². The Morgan fingerprint density at radius 3 is 2.25 bits per heavy atom. The summed E-state index contributed by atoms with van der Waals surface area (Å²) in [5.41, 5.74) is 1.38. The monoisotopic (exact) mass is 459 g/mol. The van der Waals surface area contributed by atoms with Crippen molar-refractivity contribution < 1.29 is 17.9 Å². The number of benzene rings is 3. The first-order chi connectivity index (χ1) is 13.4. The maximum absolute atomic E-state index is 12.9. The molecular weight excluding hydrogens is 442 g/mol. The van der Waals surface area contributed by atoms with Crippen LogP contribution < -0.4 is 9.46 Å². The molecule has 0 amide bonds. The minimum Gasteiger partial charge on any atom is -0.497 e. The van der Waals surface area contributed by atoms with Gasteiger partial charge >= 0.3 is 0 Å². The molecule has 0 spiro atoms. The van der Waals surface area contributed by atoms with Crippen LogP contribution in [0.2, 0.25) is 0 Å². The molecule has 0 atom stereocenters. The number of nitrogens with one attached hydrogen (secondary N) is 1. The largest absolute Gasteiger partial charge is 0.497 e. The van der Waals surface area contributed by atoms with Crippen LogP contribution in [0, 0.1) is 0 Å². The summed E-state index contributed by atoms with van der Waals surface area (Å²) in [6.07, 6.45) is -0.0241. The Morgan fingerprint density at radius 2 is 1.61 bits per heavy atom. The Labute approximate surface area is 172 Å². The molecule has 1 N–H and O–H groups in total. The quantitative estimate of drug-likeness (QED) is 0.520. The molecule has 3 aromatic carbocycles. The van der Waals surface area contributed by atoms with Crippen LogP contribution in [-0.4, -0.2) is 21.3 Å². The molecular formula is C21H18BrNO4S. The number of hydrogen-bond donors (Lipinski definition) is 1. The zero-order valence-corrected chi connectivity index (χ0v) is 17.5. The Kier molecular flexibility index (Phi) is 6.16. The minimum atomic E-state index is -3.83. The summed E-state index contributed by atoms with van der Waals surface area (Å²) in [6.45, 7) is 0. The lowest BCUT2D eigenvalue weighted by Gasteiger charge is -2.12. The fraction of sp³-hybridized carbons (Fsp3) is 0.0952. The van der Waals surface area contributed by atoms with E-state index in [1.165, 1.54) is 6.07 Å². The molecule has 3 rings (SSSR count). The van der Waals surface area contributed by atoms with Crippen LogP contribution in [0.1, 0.15) is 15.9 Å². The van der Waals surface area contributed by atoms with E-state index in [2.05, 4.69) is 20.7 Å². The molecule has 0 unspecified atom stereocenters. The van der Waals surface area contributed by atoms with Gasteiger partial charge in [-0.3, -0.25) is 9.52 Å². The van der Waals surface area contributed by atoms with Gasteiger partial charge in [0.05, 0.1) is 12.0 Å². The van der Waals surface area contributed by atoms with Gasteiger partial charge in [0.2, 0.25) is 0 Å². The average Bonchev–Trinajstić information content (AvgIpc) is 2.70. The number of rotatable bonds is 7. The molecule has 0 fully saturated rings. The van der Waals surface area contributed by atoms with Crippen molar-refractivity contribution in [1.29, 1.82) is 0 Å². The number of carbonyl (C=O) groups is 1. The molecule has 0 saturated carbocycles. The van der Waals surface area contributed by atoms with E-state index in [9.17, 15) is 13.2 Å². The van der Waals surface area contributed by atoms with Gasteiger partial charge < -0.3 is 4.74 Å². The number of Topliss-reactive ketones (excluding diaryl/α,β-unsaturated/α-hetero) is 1. The fourth-order valence-electron chi connectivity index (χ4n) is 2.69. The van der Waals surface area contributed by atoms with Gasteiger partial charge in [-0.15, -0.1) is 0 Å². The minimum absolute atomic E-state index is 0.0241. The summed E-state index contributed by atoms with van der Waals surface area (Å²) in [6, 6.07) is 20.0. The highest BCUT2D eigenvalue weighted by atomic mass is 79.9. The van der Waals surface area contributed by atoms with Crippen LogP contribution in [0.15, 0.2) is 82.2 Å². The van der Waals surface area contributed by atoms with Gasteiger partial charge in [-0.2, -0.15) is 0 Å². The second-order valence-electron chi connectivity index (χ2n) is 6.05. The second kappa shape index (κ2) is 8.58. The summed E-state index contributed by atoms with van der Waals surface area (Å²) in [5, 5.41) is 0. The number of carbonyl (C=O) groups excluding carboxylic acids is 1. The number of methoxy groups -OCH3 is 1. The highest BCUT2D eigenvalue weighted by molar-refractivity contribution is 9.10. The molecule has 144 valence electrons. The van der Waals surface area contributed by atoms with E-state index in [-0.39, 0.29) is 17.1 Å². The highest BCUT2D eigenvalue weighted by Crippen LogP contribution is 2.23. The van der Waals surface area contributed by atoms with E-state index in [4.69, 9.17) is 4.74 Å². The molecule has 0 aliphatic carbocycles. The van der Waals surface area contributed by atoms with Gasteiger partial charge in [0.1, 0.15) is 5.75 Å². The first kappa shape index (κ1) is 20.1. The molecule has 0 aliphatic heterocycles. The first-order valence-corrected chi connectivity index (χ1v) is 10.7. The van der Waals surface area contributed by atoms with E-state index < -0.39 is 10.0 Å². The molecule has 28 heavy (non-hydrogen) atoms. The number of sulfonamides is 1. The number of halogens is 1. The molecule has 5 nitrogen and oxygen atoms in total. The van der Waals surface area contributed by atoms with Crippen molar-refractivity contribution >= 4 is 37.4 Å². The number of ketones is 1. The summed E-state index contributed by atoms with van der Waals surface area (Å²) in [4.78, 5) is 12.7. The van der Waals surface area contributed by atoms with Crippen molar-refractivity contribution in [1.82, 2.24) is 0 Å². The van der Waals surface area contributed by atoms with Crippen molar-refractivity contribution in [3.05, 3.63) is 88.4 Å². The predicted molar refractivity (Wildman–Crippen MR) is 112 cm³/mol. The van der Waals surface area contributed by atoms with Gasteiger partial charge in [0, 0.05) is 22.1 Å². The van der Waals surface area contributed by atoms with Crippen molar-refractivity contribution in [3.63, 3.8) is 0 Å². The van der Waals surface area contributed by atoms with E-state index in [1.54, 1.807) is 73.8 Å². The normalized spacial score (nSPS) is 11.1. The predicted octanol–water partition coefficient (Wildman–Crippen LogP) is 4.68. The molecule has 0 heterocycles. The molecule has 0 saturated heterocycles. The van der Waals surface area contributed by atoms with Gasteiger partial charge in [0.15, 0.2) is 5.78 Å². The summed E-state index contributed by atoms with van der Waals surface area (Å²) < 4.78 is 34.2. The highest BCUT2D eigenvalue weighted by Gasteiger charge is 2.20.